The number of carbonyl (C=O) groups is 1. The fraction of sp³-hybridized carbons (Fsp3) is 0.750. The van der Waals surface area contributed by atoms with Gasteiger partial charge in [-0.15, -0.1) is 0 Å². The Hall–Kier alpha value is -0.240. The summed E-state index contributed by atoms with van der Waals surface area (Å²) in [6.07, 6.45) is 6.86. The molecule has 1 aliphatic rings. The Bertz CT molecular complexity index is 204. The monoisotopic (exact) mass is 212 g/mol. The Morgan fingerprint density at radius 2 is 2.07 bits per heavy atom. The first-order valence-electron chi connectivity index (χ1n) is 5.52. The molecule has 0 aliphatic heterocycles. The van der Waals surface area contributed by atoms with E-state index in [0.717, 1.165) is 17.2 Å². The molecule has 0 spiro atoms. The number of allylic oxidation sites excluding steroid dienone is 1. The first kappa shape index (κ1) is 11.8. The van der Waals surface area contributed by atoms with Crippen LogP contribution in [-0.4, -0.2) is 16.8 Å². The molecule has 1 fully saturated rings. The highest BCUT2D eigenvalue weighted by Crippen LogP contribution is 2.29. The largest absolute Gasteiger partial charge is 0.298 e. The van der Waals surface area contributed by atoms with Crippen LogP contribution in [0.2, 0.25) is 0 Å². The van der Waals surface area contributed by atoms with Crippen LogP contribution in [0.5, 0.6) is 0 Å². The lowest BCUT2D eigenvalue weighted by atomic mass is 10.1. The molecule has 0 bridgehead atoms. The van der Waals surface area contributed by atoms with E-state index in [0.29, 0.717) is 18.0 Å². The van der Waals surface area contributed by atoms with Crippen molar-refractivity contribution >= 4 is 17.5 Å². The van der Waals surface area contributed by atoms with Gasteiger partial charge in [0.15, 0.2) is 0 Å². The molecule has 0 atom stereocenters. The van der Waals surface area contributed by atoms with Crippen molar-refractivity contribution in [3.63, 3.8) is 0 Å². The Labute approximate surface area is 91.3 Å². The van der Waals surface area contributed by atoms with Gasteiger partial charge in [0.25, 0.3) is 0 Å². The van der Waals surface area contributed by atoms with Gasteiger partial charge in [-0.1, -0.05) is 31.9 Å². The maximum atomic E-state index is 11.5. The molecule has 14 heavy (non-hydrogen) atoms. The van der Waals surface area contributed by atoms with Crippen LogP contribution in [0.15, 0.2) is 12.2 Å². The van der Waals surface area contributed by atoms with Gasteiger partial charge in [0.2, 0.25) is 0 Å². The summed E-state index contributed by atoms with van der Waals surface area (Å²) in [5.41, 5.74) is 1.07. The van der Waals surface area contributed by atoms with Crippen LogP contribution < -0.4 is 0 Å². The molecular weight excluding hydrogens is 192 g/mol. The first-order chi connectivity index (χ1) is 6.72. The molecule has 0 N–H and O–H groups in total. The second-order valence-corrected chi connectivity index (χ2v) is 5.33. The Kier molecular flexibility index (Phi) is 5.31. The standard InChI is InChI=1S/C12H20OS/c1-3-10(2)8-11(13)9-14-12-6-4-5-7-12/h12H,2-9H2,1H3. The van der Waals surface area contributed by atoms with E-state index in [4.69, 9.17) is 0 Å². The van der Waals surface area contributed by atoms with E-state index in [1.165, 1.54) is 25.7 Å². The van der Waals surface area contributed by atoms with Crippen LogP contribution in [0, 0.1) is 0 Å². The third kappa shape index (κ3) is 4.32. The lowest BCUT2D eigenvalue weighted by Gasteiger charge is -2.07. The van der Waals surface area contributed by atoms with E-state index < -0.39 is 0 Å². The molecule has 0 saturated heterocycles. The van der Waals surface area contributed by atoms with Crippen molar-refractivity contribution in [2.75, 3.05) is 5.75 Å². The number of hydrogen-bond donors (Lipinski definition) is 0. The molecule has 0 amide bonds. The lowest BCUT2D eigenvalue weighted by molar-refractivity contribution is -0.116. The molecule has 0 radical (unpaired) electrons. The van der Waals surface area contributed by atoms with E-state index in [9.17, 15) is 4.79 Å². The van der Waals surface area contributed by atoms with Gasteiger partial charge in [0, 0.05) is 11.7 Å². The summed E-state index contributed by atoms with van der Waals surface area (Å²) >= 11 is 1.85. The third-order valence-corrected chi connectivity index (χ3v) is 4.16. The second kappa shape index (κ2) is 6.28. The maximum absolute atomic E-state index is 11.5. The predicted octanol–water partition coefficient (Wildman–Crippen LogP) is 3.59. The SMILES string of the molecule is C=C(CC)CC(=O)CSC1CCCC1. The summed E-state index contributed by atoms with van der Waals surface area (Å²) in [4.78, 5) is 11.5. The minimum absolute atomic E-state index is 0.355. The zero-order chi connectivity index (χ0) is 10.4. The highest BCUT2D eigenvalue weighted by Gasteiger charge is 2.16. The molecule has 0 unspecified atom stereocenters. The summed E-state index contributed by atoms with van der Waals surface area (Å²) in [6, 6.07) is 0. The van der Waals surface area contributed by atoms with E-state index in [2.05, 4.69) is 13.5 Å². The van der Waals surface area contributed by atoms with Crippen molar-refractivity contribution in [1.29, 1.82) is 0 Å². The molecule has 2 heteroatoms. The molecule has 1 saturated carbocycles. The molecule has 0 aromatic heterocycles. The van der Waals surface area contributed by atoms with E-state index in [1.807, 2.05) is 11.8 Å². The predicted molar refractivity (Wildman–Crippen MR) is 63.8 cm³/mol. The van der Waals surface area contributed by atoms with Gasteiger partial charge in [-0.3, -0.25) is 4.79 Å². The van der Waals surface area contributed by atoms with Gasteiger partial charge < -0.3 is 0 Å². The summed E-state index contributed by atoms with van der Waals surface area (Å²) in [6.45, 7) is 5.92. The number of carbonyl (C=O) groups excluding carboxylic acids is 1. The molecule has 1 aliphatic carbocycles. The number of rotatable bonds is 6. The van der Waals surface area contributed by atoms with Crippen LogP contribution >= 0.6 is 11.8 Å². The summed E-state index contributed by atoms with van der Waals surface area (Å²) in [7, 11) is 0. The van der Waals surface area contributed by atoms with Gasteiger partial charge in [-0.2, -0.15) is 11.8 Å². The summed E-state index contributed by atoms with van der Waals surface area (Å²) in [5, 5.41) is 0.758. The van der Waals surface area contributed by atoms with Crippen LogP contribution in [-0.2, 0) is 4.79 Å². The summed E-state index contributed by atoms with van der Waals surface area (Å²) < 4.78 is 0. The zero-order valence-electron chi connectivity index (χ0n) is 9.05. The highest BCUT2D eigenvalue weighted by atomic mass is 32.2. The fourth-order valence-corrected chi connectivity index (χ4v) is 2.91. The number of Topliss-reactive ketones (excluding diaryl/α,β-unsaturated/α-hetero) is 1. The quantitative estimate of drug-likeness (QED) is 0.626. The van der Waals surface area contributed by atoms with Crippen molar-refractivity contribution in [2.45, 2.75) is 50.7 Å². The molecular formula is C12H20OS. The number of ketones is 1. The molecule has 1 nitrogen and oxygen atoms in total. The van der Waals surface area contributed by atoms with Gasteiger partial charge in [-0.05, 0) is 19.3 Å². The van der Waals surface area contributed by atoms with Crippen LogP contribution in [0.25, 0.3) is 0 Å². The van der Waals surface area contributed by atoms with Crippen LogP contribution in [0.4, 0.5) is 0 Å². The first-order valence-corrected chi connectivity index (χ1v) is 6.57. The lowest BCUT2D eigenvalue weighted by Crippen LogP contribution is -2.06. The average Bonchev–Trinajstić information content (AvgIpc) is 2.67. The third-order valence-electron chi connectivity index (χ3n) is 2.73. The molecule has 0 aromatic rings. The Morgan fingerprint density at radius 1 is 1.43 bits per heavy atom. The van der Waals surface area contributed by atoms with Crippen molar-refractivity contribution in [3.8, 4) is 0 Å². The van der Waals surface area contributed by atoms with E-state index in [-0.39, 0.29) is 0 Å². The molecule has 80 valence electrons. The van der Waals surface area contributed by atoms with Crippen LogP contribution in [0.3, 0.4) is 0 Å². The van der Waals surface area contributed by atoms with E-state index in [1.54, 1.807) is 0 Å². The van der Waals surface area contributed by atoms with Crippen molar-refractivity contribution < 1.29 is 4.79 Å². The molecule has 1 rings (SSSR count). The minimum atomic E-state index is 0.355. The average molecular weight is 212 g/mol. The van der Waals surface area contributed by atoms with Gasteiger partial charge in [0.1, 0.15) is 5.78 Å². The number of thioether (sulfide) groups is 1. The van der Waals surface area contributed by atoms with Crippen molar-refractivity contribution in [2.24, 2.45) is 0 Å². The number of hydrogen-bond acceptors (Lipinski definition) is 2. The molecule has 0 heterocycles. The second-order valence-electron chi connectivity index (χ2n) is 4.04. The maximum Gasteiger partial charge on any atom is 0.146 e. The zero-order valence-corrected chi connectivity index (χ0v) is 9.87. The Balaban J connectivity index is 2.11. The topological polar surface area (TPSA) is 17.1 Å². The normalized spacial score (nSPS) is 17.2. The van der Waals surface area contributed by atoms with Crippen molar-refractivity contribution in [1.82, 2.24) is 0 Å². The van der Waals surface area contributed by atoms with E-state index >= 15 is 0 Å². The fourth-order valence-electron chi connectivity index (χ4n) is 1.72. The van der Waals surface area contributed by atoms with Crippen molar-refractivity contribution in [3.05, 3.63) is 12.2 Å². The summed E-state index contributed by atoms with van der Waals surface area (Å²) in [5.74, 6) is 1.05. The van der Waals surface area contributed by atoms with Gasteiger partial charge >= 0.3 is 0 Å². The minimum Gasteiger partial charge on any atom is -0.298 e. The van der Waals surface area contributed by atoms with Gasteiger partial charge in [0.05, 0.1) is 5.75 Å². The van der Waals surface area contributed by atoms with Crippen LogP contribution in [0.1, 0.15) is 45.4 Å². The highest BCUT2D eigenvalue weighted by molar-refractivity contribution is 8.00. The smallest absolute Gasteiger partial charge is 0.146 e. The van der Waals surface area contributed by atoms with Gasteiger partial charge in [-0.25, -0.2) is 0 Å². The Morgan fingerprint density at radius 3 is 2.64 bits per heavy atom. The molecule has 0 aromatic carbocycles.